The van der Waals surface area contributed by atoms with Crippen molar-refractivity contribution < 1.29 is 4.79 Å². The molecule has 1 fully saturated rings. The molecule has 0 bridgehead atoms. The summed E-state index contributed by atoms with van der Waals surface area (Å²) in [6, 6.07) is 15.1. The number of halogens is 1. The van der Waals surface area contributed by atoms with Gasteiger partial charge in [-0.05, 0) is 54.2 Å². The molecule has 0 unspecified atom stereocenters. The van der Waals surface area contributed by atoms with Crippen LogP contribution >= 0.6 is 11.6 Å². The van der Waals surface area contributed by atoms with Crippen molar-refractivity contribution in [2.24, 2.45) is 5.92 Å². The Morgan fingerprint density at radius 3 is 2.62 bits per heavy atom. The van der Waals surface area contributed by atoms with Crippen LogP contribution in [0.25, 0.3) is 0 Å². The van der Waals surface area contributed by atoms with Crippen LogP contribution in [0, 0.1) is 5.92 Å². The average molecular weight is 300 g/mol. The molecule has 1 aliphatic rings. The molecule has 0 radical (unpaired) electrons. The van der Waals surface area contributed by atoms with Crippen LogP contribution in [0.3, 0.4) is 0 Å². The molecule has 3 rings (SSSR count). The first-order valence-electron chi connectivity index (χ1n) is 7.34. The fourth-order valence-electron chi connectivity index (χ4n) is 2.75. The van der Waals surface area contributed by atoms with Crippen LogP contribution in [0.2, 0.25) is 5.02 Å². The maximum absolute atomic E-state index is 12.1. The van der Waals surface area contributed by atoms with Gasteiger partial charge in [-0.1, -0.05) is 43.1 Å². The van der Waals surface area contributed by atoms with Gasteiger partial charge >= 0.3 is 0 Å². The highest BCUT2D eigenvalue weighted by atomic mass is 35.5. The average Bonchev–Trinajstić information content (AvgIpc) is 3.27. The van der Waals surface area contributed by atoms with E-state index in [4.69, 9.17) is 11.6 Å². The van der Waals surface area contributed by atoms with Crippen molar-refractivity contribution >= 4 is 23.2 Å². The molecule has 1 N–H and O–H groups in total. The molecule has 3 heteroatoms. The fraction of sp³-hybridized carbons (Fsp3) is 0.278. The van der Waals surface area contributed by atoms with Crippen molar-refractivity contribution in [2.45, 2.75) is 25.7 Å². The molecular formula is C18H18ClNO. The fourth-order valence-corrected chi connectivity index (χ4v) is 2.94. The van der Waals surface area contributed by atoms with Gasteiger partial charge in [0.1, 0.15) is 0 Å². The molecule has 2 aromatic carbocycles. The van der Waals surface area contributed by atoms with Crippen molar-refractivity contribution in [1.82, 2.24) is 0 Å². The van der Waals surface area contributed by atoms with E-state index in [1.807, 2.05) is 12.1 Å². The summed E-state index contributed by atoms with van der Waals surface area (Å²) in [6.07, 6.45) is 2.54. The summed E-state index contributed by atoms with van der Waals surface area (Å²) < 4.78 is 0. The van der Waals surface area contributed by atoms with Crippen molar-refractivity contribution in [2.75, 3.05) is 5.32 Å². The topological polar surface area (TPSA) is 29.1 Å². The smallest absolute Gasteiger partial charge is 0.255 e. The minimum absolute atomic E-state index is 0.136. The summed E-state index contributed by atoms with van der Waals surface area (Å²) in [6.45, 7) is 2.24. The molecule has 2 aromatic rings. The van der Waals surface area contributed by atoms with Gasteiger partial charge in [-0.2, -0.15) is 0 Å². The zero-order valence-corrected chi connectivity index (χ0v) is 12.7. The summed E-state index contributed by atoms with van der Waals surface area (Å²) in [5, 5.41) is 3.47. The van der Waals surface area contributed by atoms with Gasteiger partial charge in [0.2, 0.25) is 0 Å². The van der Waals surface area contributed by atoms with E-state index in [0.717, 1.165) is 11.6 Å². The largest absolute Gasteiger partial charge is 0.322 e. The lowest BCUT2D eigenvalue weighted by atomic mass is 10.1. The second-order valence-electron chi connectivity index (χ2n) is 5.60. The third-order valence-corrected chi connectivity index (χ3v) is 4.37. The van der Waals surface area contributed by atoms with E-state index >= 15 is 0 Å². The van der Waals surface area contributed by atoms with E-state index in [-0.39, 0.29) is 5.91 Å². The minimum atomic E-state index is -0.136. The Morgan fingerprint density at radius 2 is 2.00 bits per heavy atom. The molecule has 1 saturated carbocycles. The normalized spacial score (nSPS) is 20.1. The molecule has 0 spiro atoms. The van der Waals surface area contributed by atoms with Crippen LogP contribution in [0.15, 0.2) is 48.5 Å². The number of nitrogens with one attached hydrogen (secondary N) is 1. The van der Waals surface area contributed by atoms with E-state index in [0.29, 0.717) is 16.5 Å². The van der Waals surface area contributed by atoms with Crippen LogP contribution in [0.4, 0.5) is 5.69 Å². The number of carbonyl (C=O) groups is 1. The molecule has 21 heavy (non-hydrogen) atoms. The van der Waals surface area contributed by atoms with Crippen molar-refractivity contribution in [3.63, 3.8) is 0 Å². The van der Waals surface area contributed by atoms with E-state index < -0.39 is 0 Å². The molecule has 0 heterocycles. The molecule has 0 saturated heterocycles. The zero-order chi connectivity index (χ0) is 14.8. The van der Waals surface area contributed by atoms with Gasteiger partial charge < -0.3 is 5.32 Å². The highest BCUT2D eigenvalue weighted by Gasteiger charge is 2.36. The van der Waals surface area contributed by atoms with E-state index in [2.05, 4.69) is 24.4 Å². The maximum Gasteiger partial charge on any atom is 0.255 e. The van der Waals surface area contributed by atoms with Crippen LogP contribution < -0.4 is 5.32 Å². The number of rotatable bonds is 4. The Balaban J connectivity index is 1.66. The molecule has 108 valence electrons. The van der Waals surface area contributed by atoms with E-state index in [9.17, 15) is 4.79 Å². The van der Waals surface area contributed by atoms with Gasteiger partial charge in [-0.25, -0.2) is 0 Å². The van der Waals surface area contributed by atoms with Crippen LogP contribution in [-0.4, -0.2) is 5.91 Å². The molecule has 2 nitrogen and oxygen atoms in total. The Morgan fingerprint density at radius 1 is 1.24 bits per heavy atom. The van der Waals surface area contributed by atoms with Gasteiger partial charge in [0, 0.05) is 16.3 Å². The van der Waals surface area contributed by atoms with Crippen molar-refractivity contribution in [3.05, 3.63) is 64.7 Å². The minimum Gasteiger partial charge on any atom is -0.322 e. The van der Waals surface area contributed by atoms with E-state index in [1.165, 1.54) is 18.4 Å². The second-order valence-corrected chi connectivity index (χ2v) is 6.03. The Hall–Kier alpha value is -1.80. The third-order valence-electron chi connectivity index (χ3n) is 4.13. The first-order valence-corrected chi connectivity index (χ1v) is 7.72. The van der Waals surface area contributed by atoms with E-state index in [1.54, 1.807) is 24.3 Å². The third kappa shape index (κ3) is 3.27. The summed E-state index contributed by atoms with van der Waals surface area (Å²) in [5.74, 6) is 1.42. The van der Waals surface area contributed by atoms with Gasteiger partial charge in [-0.15, -0.1) is 0 Å². The van der Waals surface area contributed by atoms with Crippen LogP contribution in [-0.2, 0) is 0 Å². The predicted octanol–water partition coefficient (Wildman–Crippen LogP) is 5.11. The first kappa shape index (κ1) is 14.2. The van der Waals surface area contributed by atoms with Crippen LogP contribution in [0.1, 0.15) is 41.6 Å². The number of hydrogen-bond acceptors (Lipinski definition) is 1. The van der Waals surface area contributed by atoms with Gasteiger partial charge in [0.25, 0.3) is 5.91 Å². The number of hydrogen-bond donors (Lipinski definition) is 1. The summed E-state index contributed by atoms with van der Waals surface area (Å²) in [4.78, 5) is 12.1. The number of amides is 1. The highest BCUT2D eigenvalue weighted by Crippen LogP contribution is 2.49. The van der Waals surface area contributed by atoms with Gasteiger partial charge in [-0.3, -0.25) is 4.79 Å². The predicted molar refractivity (Wildman–Crippen MR) is 87.0 cm³/mol. The van der Waals surface area contributed by atoms with Crippen LogP contribution in [0.5, 0.6) is 0 Å². The summed E-state index contributed by atoms with van der Waals surface area (Å²) >= 11 is 5.90. The first-order chi connectivity index (χ1) is 10.2. The molecule has 2 atom stereocenters. The van der Waals surface area contributed by atoms with Gasteiger partial charge in [0.15, 0.2) is 0 Å². The lowest BCUT2D eigenvalue weighted by molar-refractivity contribution is 0.102. The Bertz CT molecular complexity index is 651. The quantitative estimate of drug-likeness (QED) is 0.835. The molecule has 0 aliphatic heterocycles. The standard InChI is InChI=1S/C18H18ClNO/c1-2-12-11-17(12)13-6-8-16(9-7-13)20-18(21)14-4-3-5-15(19)10-14/h3-10,12,17H,2,11H2,1H3,(H,20,21)/t12-,17+/m0/s1. The maximum atomic E-state index is 12.1. The number of carbonyl (C=O) groups excluding carboxylic acids is 1. The number of benzene rings is 2. The zero-order valence-electron chi connectivity index (χ0n) is 12.0. The lowest BCUT2D eigenvalue weighted by Gasteiger charge is -2.07. The summed E-state index contributed by atoms with van der Waals surface area (Å²) in [5.41, 5.74) is 2.76. The lowest BCUT2D eigenvalue weighted by Crippen LogP contribution is -2.11. The molecular weight excluding hydrogens is 282 g/mol. The molecule has 0 aromatic heterocycles. The Labute approximate surface area is 130 Å². The highest BCUT2D eigenvalue weighted by molar-refractivity contribution is 6.31. The monoisotopic (exact) mass is 299 g/mol. The second kappa shape index (κ2) is 5.90. The SMILES string of the molecule is CC[C@H]1C[C@H]1c1ccc(NC(=O)c2cccc(Cl)c2)cc1. The molecule has 1 aliphatic carbocycles. The van der Waals surface area contributed by atoms with Crippen molar-refractivity contribution in [1.29, 1.82) is 0 Å². The van der Waals surface area contributed by atoms with Gasteiger partial charge in [0.05, 0.1) is 0 Å². The molecule has 1 amide bonds. The summed E-state index contributed by atoms with van der Waals surface area (Å²) in [7, 11) is 0. The number of anilines is 1. The Kier molecular flexibility index (Phi) is 3.98. The van der Waals surface area contributed by atoms with Crippen molar-refractivity contribution in [3.8, 4) is 0 Å².